The zero-order valence-electron chi connectivity index (χ0n) is 5.85. The summed E-state index contributed by atoms with van der Waals surface area (Å²) in [7, 11) is 0. The molecule has 0 saturated carbocycles. The summed E-state index contributed by atoms with van der Waals surface area (Å²) in [6, 6.07) is 0. The fourth-order valence-electron chi connectivity index (χ4n) is 0.396. The van der Waals surface area contributed by atoms with E-state index in [1.54, 1.807) is 6.92 Å². The van der Waals surface area contributed by atoms with E-state index in [4.69, 9.17) is 12.2 Å². The van der Waals surface area contributed by atoms with Crippen molar-refractivity contribution in [2.24, 2.45) is 5.73 Å². The second kappa shape index (κ2) is 4.45. The first-order chi connectivity index (χ1) is 4.66. The molecule has 54 valence electrons. The van der Waals surface area contributed by atoms with Crippen molar-refractivity contribution in [1.29, 1.82) is 0 Å². The van der Waals surface area contributed by atoms with E-state index in [-0.39, 0.29) is 12.5 Å². The van der Waals surface area contributed by atoms with Gasteiger partial charge in [-0.1, -0.05) is 5.92 Å². The van der Waals surface area contributed by atoms with Crippen molar-refractivity contribution in [3.8, 4) is 12.3 Å². The third-order valence-electron chi connectivity index (χ3n) is 0.723. The molecule has 1 amide bonds. The quantitative estimate of drug-likeness (QED) is 0.403. The van der Waals surface area contributed by atoms with Crippen LogP contribution >= 0.6 is 0 Å². The number of nitrogens with two attached hydrogens (primary N) is 1. The van der Waals surface area contributed by atoms with Crippen molar-refractivity contribution in [2.45, 2.75) is 6.92 Å². The minimum Gasteiger partial charge on any atom is -0.402 e. The number of terminal acetylenes is 1. The molecule has 3 heteroatoms. The summed E-state index contributed by atoms with van der Waals surface area (Å²) in [5.74, 6) is 2.02. The van der Waals surface area contributed by atoms with Gasteiger partial charge in [-0.15, -0.1) is 6.42 Å². The van der Waals surface area contributed by atoms with Crippen LogP contribution in [-0.4, -0.2) is 12.5 Å². The van der Waals surface area contributed by atoms with Crippen molar-refractivity contribution in [3.63, 3.8) is 0 Å². The minimum absolute atomic E-state index is 0.239. The zero-order valence-corrected chi connectivity index (χ0v) is 5.85. The van der Waals surface area contributed by atoms with Crippen LogP contribution in [0.25, 0.3) is 0 Å². The van der Waals surface area contributed by atoms with E-state index in [0.717, 1.165) is 0 Å². The summed E-state index contributed by atoms with van der Waals surface area (Å²) < 4.78 is 0. The molecular formula is C7H10N2O. The number of nitrogens with one attached hydrogen (secondary N) is 1. The van der Waals surface area contributed by atoms with Gasteiger partial charge in [-0.2, -0.15) is 0 Å². The first kappa shape index (κ1) is 8.57. The molecule has 3 N–H and O–H groups in total. The number of amides is 1. The summed E-state index contributed by atoms with van der Waals surface area (Å²) in [5, 5.41) is 2.43. The molecule has 0 spiro atoms. The second-order valence-electron chi connectivity index (χ2n) is 1.81. The Balaban J connectivity index is 3.68. The zero-order chi connectivity index (χ0) is 7.98. The van der Waals surface area contributed by atoms with Crippen LogP contribution in [0.2, 0.25) is 0 Å². The van der Waals surface area contributed by atoms with Crippen LogP contribution in [0, 0.1) is 12.3 Å². The number of allylic oxidation sites excluding steroid dienone is 1. The van der Waals surface area contributed by atoms with E-state index in [9.17, 15) is 4.79 Å². The monoisotopic (exact) mass is 138 g/mol. The maximum atomic E-state index is 10.6. The molecule has 0 atom stereocenters. The molecule has 0 radical (unpaired) electrons. The maximum absolute atomic E-state index is 10.6. The number of hydrogen-bond acceptors (Lipinski definition) is 2. The molecule has 0 aromatic heterocycles. The first-order valence-electron chi connectivity index (χ1n) is 2.82. The third-order valence-corrected chi connectivity index (χ3v) is 0.723. The van der Waals surface area contributed by atoms with Crippen LogP contribution in [0.5, 0.6) is 0 Å². The smallest absolute Gasteiger partial charge is 0.246 e. The van der Waals surface area contributed by atoms with Crippen molar-refractivity contribution < 1.29 is 4.79 Å². The summed E-state index contributed by atoms with van der Waals surface area (Å²) in [4.78, 5) is 10.6. The molecule has 0 bridgehead atoms. The topological polar surface area (TPSA) is 55.1 Å². The van der Waals surface area contributed by atoms with Crippen LogP contribution in [0.1, 0.15) is 6.92 Å². The van der Waals surface area contributed by atoms with Crippen LogP contribution in [0.15, 0.2) is 11.8 Å². The van der Waals surface area contributed by atoms with Crippen molar-refractivity contribution in [3.05, 3.63) is 11.8 Å². The van der Waals surface area contributed by atoms with Crippen molar-refractivity contribution in [1.82, 2.24) is 5.32 Å². The average molecular weight is 138 g/mol. The molecule has 0 fully saturated rings. The molecule has 0 aliphatic rings. The van der Waals surface area contributed by atoms with Crippen LogP contribution in [-0.2, 0) is 4.79 Å². The Bertz CT molecular complexity index is 184. The van der Waals surface area contributed by atoms with Crippen molar-refractivity contribution in [2.75, 3.05) is 6.54 Å². The Morgan fingerprint density at radius 2 is 2.50 bits per heavy atom. The molecule has 0 aliphatic carbocycles. The first-order valence-corrected chi connectivity index (χ1v) is 2.82. The van der Waals surface area contributed by atoms with E-state index < -0.39 is 0 Å². The third kappa shape index (κ3) is 4.72. The lowest BCUT2D eigenvalue weighted by Crippen LogP contribution is -2.21. The van der Waals surface area contributed by atoms with Crippen LogP contribution in [0.3, 0.4) is 0 Å². The molecule has 3 nitrogen and oxygen atoms in total. The Kier molecular flexibility index (Phi) is 3.81. The van der Waals surface area contributed by atoms with Gasteiger partial charge in [0.25, 0.3) is 0 Å². The standard InChI is InChI=1S/C7H10N2O/c1-3-4-9-7(10)5-6(2)8/h1,5H,4,8H2,2H3,(H,9,10)/b6-5-. The Hall–Kier alpha value is -1.43. The average Bonchev–Trinajstić information content (AvgIpc) is 1.82. The van der Waals surface area contributed by atoms with Gasteiger partial charge in [0, 0.05) is 11.8 Å². The summed E-state index contributed by atoms with van der Waals surface area (Å²) in [6.45, 7) is 1.87. The number of carbonyl (C=O) groups is 1. The molecule has 0 unspecified atom stereocenters. The fourth-order valence-corrected chi connectivity index (χ4v) is 0.396. The predicted octanol–water partition coefficient (Wildman–Crippen LogP) is -0.402. The molecule has 0 heterocycles. The highest BCUT2D eigenvalue weighted by molar-refractivity contribution is 5.88. The fraction of sp³-hybridized carbons (Fsp3) is 0.286. The molecule has 0 saturated heterocycles. The van der Waals surface area contributed by atoms with Gasteiger partial charge in [0.05, 0.1) is 6.54 Å². The van der Waals surface area contributed by atoms with E-state index in [2.05, 4.69) is 11.2 Å². The molecule has 0 aromatic rings. The lowest BCUT2D eigenvalue weighted by Gasteiger charge is -1.94. The summed E-state index contributed by atoms with van der Waals surface area (Å²) in [6.07, 6.45) is 6.18. The highest BCUT2D eigenvalue weighted by Crippen LogP contribution is 1.77. The van der Waals surface area contributed by atoms with E-state index in [1.165, 1.54) is 6.08 Å². The van der Waals surface area contributed by atoms with E-state index in [1.807, 2.05) is 0 Å². The molecule has 0 aromatic carbocycles. The Morgan fingerprint density at radius 3 is 2.90 bits per heavy atom. The van der Waals surface area contributed by atoms with E-state index >= 15 is 0 Å². The van der Waals surface area contributed by atoms with Crippen molar-refractivity contribution >= 4 is 5.91 Å². The lowest BCUT2D eigenvalue weighted by molar-refractivity contribution is -0.116. The van der Waals surface area contributed by atoms with Crippen LogP contribution < -0.4 is 11.1 Å². The SMILES string of the molecule is C#CCNC(=O)/C=C(/C)N. The Labute approximate surface area is 60.3 Å². The normalized spacial score (nSPS) is 10.2. The van der Waals surface area contributed by atoms with Gasteiger partial charge in [-0.3, -0.25) is 4.79 Å². The van der Waals surface area contributed by atoms with E-state index in [0.29, 0.717) is 5.70 Å². The molecule has 0 aliphatic heterocycles. The molecule has 10 heavy (non-hydrogen) atoms. The van der Waals surface area contributed by atoms with Gasteiger partial charge in [0.15, 0.2) is 0 Å². The van der Waals surface area contributed by atoms with Gasteiger partial charge >= 0.3 is 0 Å². The highest BCUT2D eigenvalue weighted by Gasteiger charge is 1.91. The van der Waals surface area contributed by atoms with Crippen LogP contribution in [0.4, 0.5) is 0 Å². The minimum atomic E-state index is -0.252. The van der Waals surface area contributed by atoms with Gasteiger partial charge < -0.3 is 11.1 Å². The van der Waals surface area contributed by atoms with Gasteiger partial charge in [0.1, 0.15) is 0 Å². The number of carbonyl (C=O) groups excluding carboxylic acids is 1. The van der Waals surface area contributed by atoms with Gasteiger partial charge in [-0.25, -0.2) is 0 Å². The van der Waals surface area contributed by atoms with Gasteiger partial charge in [-0.05, 0) is 6.92 Å². The highest BCUT2D eigenvalue weighted by atomic mass is 16.1. The summed E-state index contributed by atoms with van der Waals surface area (Å²) >= 11 is 0. The predicted molar refractivity (Wildman–Crippen MR) is 39.8 cm³/mol. The second-order valence-corrected chi connectivity index (χ2v) is 1.81. The maximum Gasteiger partial charge on any atom is 0.246 e. The summed E-state index contributed by atoms with van der Waals surface area (Å²) in [5.41, 5.74) is 5.68. The number of hydrogen-bond donors (Lipinski definition) is 2. The lowest BCUT2D eigenvalue weighted by atomic mass is 10.4. The molecular weight excluding hydrogens is 128 g/mol. The number of rotatable bonds is 2. The Morgan fingerprint density at radius 1 is 1.90 bits per heavy atom. The molecule has 0 rings (SSSR count). The largest absolute Gasteiger partial charge is 0.402 e. The van der Waals surface area contributed by atoms with Gasteiger partial charge in [0.2, 0.25) is 5.91 Å².